The van der Waals surface area contributed by atoms with Crippen LogP contribution in [-0.4, -0.2) is 32.7 Å². The third-order valence-corrected chi connectivity index (χ3v) is 3.72. The molecule has 0 fully saturated rings. The second-order valence-electron chi connectivity index (χ2n) is 5.07. The number of fused-ring (bicyclic) bond motifs is 1. The van der Waals surface area contributed by atoms with Gasteiger partial charge >= 0.3 is 0 Å². The first kappa shape index (κ1) is 12.7. The zero-order valence-corrected chi connectivity index (χ0v) is 11.8. The van der Waals surface area contributed by atoms with Crippen molar-refractivity contribution in [3.8, 4) is 5.69 Å². The molecule has 0 spiro atoms. The normalized spacial score (nSPS) is 13.2. The second-order valence-corrected chi connectivity index (χ2v) is 5.07. The van der Waals surface area contributed by atoms with Crippen LogP contribution in [0.2, 0.25) is 0 Å². The van der Waals surface area contributed by atoms with Gasteiger partial charge in [0.05, 0.1) is 5.69 Å². The third kappa shape index (κ3) is 2.05. The third-order valence-electron chi connectivity index (χ3n) is 3.72. The number of benzene rings is 2. The molecule has 2 aromatic carbocycles. The molecule has 0 radical (unpaired) electrons. The van der Waals surface area contributed by atoms with Crippen LogP contribution >= 0.6 is 0 Å². The molecule has 3 aromatic rings. The molecule has 22 heavy (non-hydrogen) atoms. The molecule has 2 heterocycles. The Morgan fingerprint density at radius 2 is 1.77 bits per heavy atom. The maximum atomic E-state index is 12.6. The van der Waals surface area contributed by atoms with Crippen LogP contribution in [0.4, 0.5) is 5.69 Å². The molecule has 6 nitrogen and oxygen atoms in total. The summed E-state index contributed by atoms with van der Waals surface area (Å²) >= 11 is 0. The number of tetrazole rings is 1. The summed E-state index contributed by atoms with van der Waals surface area (Å²) in [5.41, 5.74) is 2.88. The van der Waals surface area contributed by atoms with Crippen LogP contribution in [0.3, 0.4) is 0 Å². The topological polar surface area (TPSA) is 63.9 Å². The van der Waals surface area contributed by atoms with Crippen LogP contribution < -0.4 is 4.90 Å². The van der Waals surface area contributed by atoms with Gasteiger partial charge in [0.1, 0.15) is 0 Å². The summed E-state index contributed by atoms with van der Waals surface area (Å²) in [6, 6.07) is 17.3. The Balaban J connectivity index is 1.64. The number of carbonyl (C=O) groups is 1. The monoisotopic (exact) mass is 291 g/mol. The number of hydrogen-bond acceptors (Lipinski definition) is 4. The molecule has 1 amide bonds. The van der Waals surface area contributed by atoms with E-state index in [0.29, 0.717) is 6.54 Å². The Kier molecular flexibility index (Phi) is 2.93. The Morgan fingerprint density at radius 1 is 1.00 bits per heavy atom. The van der Waals surface area contributed by atoms with Gasteiger partial charge in [0.25, 0.3) is 11.7 Å². The average molecular weight is 291 g/mol. The highest BCUT2D eigenvalue weighted by Gasteiger charge is 2.28. The summed E-state index contributed by atoms with van der Waals surface area (Å²) in [5, 5.41) is 12.1. The van der Waals surface area contributed by atoms with Gasteiger partial charge in [-0.2, -0.15) is 0 Å². The molecule has 4 rings (SSSR count). The Morgan fingerprint density at radius 3 is 2.64 bits per heavy atom. The van der Waals surface area contributed by atoms with E-state index >= 15 is 0 Å². The highest BCUT2D eigenvalue weighted by molar-refractivity contribution is 6.04. The number of nitrogens with zero attached hydrogens (tertiary/aromatic N) is 5. The molecule has 108 valence electrons. The number of amides is 1. The first-order chi connectivity index (χ1) is 10.8. The van der Waals surface area contributed by atoms with Crippen molar-refractivity contribution < 1.29 is 4.79 Å². The zero-order chi connectivity index (χ0) is 14.9. The van der Waals surface area contributed by atoms with Gasteiger partial charge in [0, 0.05) is 12.2 Å². The van der Waals surface area contributed by atoms with E-state index < -0.39 is 0 Å². The molecule has 0 N–H and O–H groups in total. The molecule has 6 heteroatoms. The van der Waals surface area contributed by atoms with E-state index in [2.05, 4.69) is 15.4 Å². The molecule has 0 aliphatic carbocycles. The summed E-state index contributed by atoms with van der Waals surface area (Å²) in [5.74, 6) is -0.104. The molecular formula is C16H13N5O. The molecule has 0 unspecified atom stereocenters. The van der Waals surface area contributed by atoms with Crippen LogP contribution in [0.5, 0.6) is 0 Å². The molecule has 0 saturated heterocycles. The van der Waals surface area contributed by atoms with E-state index in [-0.39, 0.29) is 11.7 Å². The van der Waals surface area contributed by atoms with Crippen LogP contribution in [0, 0.1) is 0 Å². The number of rotatable bonds is 2. The summed E-state index contributed by atoms with van der Waals surface area (Å²) in [6.45, 7) is 0.651. The molecule has 0 atom stereocenters. The van der Waals surface area contributed by atoms with Crippen molar-refractivity contribution in [3.63, 3.8) is 0 Å². The lowest BCUT2D eigenvalue weighted by atomic mass is 10.2. The largest absolute Gasteiger partial charge is 0.305 e. The van der Waals surface area contributed by atoms with Gasteiger partial charge in [0.2, 0.25) is 0 Å². The fourth-order valence-corrected chi connectivity index (χ4v) is 2.64. The highest BCUT2D eigenvalue weighted by Crippen LogP contribution is 2.28. The van der Waals surface area contributed by atoms with Crippen molar-refractivity contribution in [2.45, 2.75) is 6.42 Å². The quantitative estimate of drug-likeness (QED) is 0.723. The van der Waals surface area contributed by atoms with Crippen molar-refractivity contribution in [1.82, 2.24) is 20.2 Å². The lowest BCUT2D eigenvalue weighted by molar-refractivity contribution is 0.0979. The summed E-state index contributed by atoms with van der Waals surface area (Å²) in [6.07, 6.45) is 0.856. The Hall–Kier alpha value is -3.02. The van der Waals surface area contributed by atoms with Crippen LogP contribution in [0.1, 0.15) is 16.2 Å². The predicted molar refractivity (Wildman–Crippen MR) is 81.0 cm³/mol. The van der Waals surface area contributed by atoms with Crippen molar-refractivity contribution in [1.29, 1.82) is 0 Å². The van der Waals surface area contributed by atoms with Gasteiger partial charge < -0.3 is 4.90 Å². The fourth-order valence-electron chi connectivity index (χ4n) is 2.64. The van der Waals surface area contributed by atoms with Crippen LogP contribution in [0.15, 0.2) is 54.6 Å². The van der Waals surface area contributed by atoms with E-state index in [1.165, 1.54) is 10.4 Å². The van der Waals surface area contributed by atoms with Crippen LogP contribution in [-0.2, 0) is 6.42 Å². The first-order valence-electron chi connectivity index (χ1n) is 7.08. The minimum Gasteiger partial charge on any atom is -0.305 e. The standard InChI is InChI=1S/C16H13N5O/c22-16(20-11-10-12-6-4-5-9-14(12)20)15-17-19-21(18-15)13-7-2-1-3-8-13/h1-9H,10-11H2. The molecule has 1 aliphatic heterocycles. The number of carbonyl (C=O) groups excluding carboxylic acids is 1. The van der Waals surface area contributed by atoms with Crippen molar-refractivity contribution in [3.05, 3.63) is 66.0 Å². The van der Waals surface area contributed by atoms with E-state index in [1.54, 1.807) is 4.90 Å². The second kappa shape index (κ2) is 5.07. The van der Waals surface area contributed by atoms with Gasteiger partial charge in [-0.05, 0) is 35.4 Å². The first-order valence-corrected chi connectivity index (χ1v) is 7.08. The molecule has 1 aliphatic rings. The van der Waals surface area contributed by atoms with E-state index in [0.717, 1.165) is 17.8 Å². The van der Waals surface area contributed by atoms with Crippen molar-refractivity contribution in [2.24, 2.45) is 0 Å². The lowest BCUT2D eigenvalue weighted by Crippen LogP contribution is -2.30. The fraction of sp³-hybridized carbons (Fsp3) is 0.125. The zero-order valence-electron chi connectivity index (χ0n) is 11.8. The van der Waals surface area contributed by atoms with E-state index in [9.17, 15) is 4.79 Å². The smallest absolute Gasteiger partial charge is 0.299 e. The lowest BCUT2D eigenvalue weighted by Gasteiger charge is -2.14. The summed E-state index contributed by atoms with van der Waals surface area (Å²) < 4.78 is 0. The predicted octanol–water partition coefficient (Wildman–Crippen LogP) is 1.87. The minimum absolute atomic E-state index is 0.112. The van der Waals surface area contributed by atoms with Crippen molar-refractivity contribution >= 4 is 11.6 Å². The van der Waals surface area contributed by atoms with E-state index in [1.807, 2.05) is 54.6 Å². The van der Waals surface area contributed by atoms with Gasteiger partial charge in [-0.25, -0.2) is 0 Å². The SMILES string of the molecule is O=C(c1nnn(-c2ccccc2)n1)N1CCc2ccccc21. The Bertz CT molecular complexity index is 827. The number of para-hydroxylation sites is 2. The Labute approximate surface area is 127 Å². The van der Waals surface area contributed by atoms with Gasteiger partial charge in [-0.3, -0.25) is 4.79 Å². The number of aromatic nitrogens is 4. The number of anilines is 1. The number of hydrogen-bond donors (Lipinski definition) is 0. The van der Waals surface area contributed by atoms with Gasteiger partial charge in [-0.1, -0.05) is 36.4 Å². The summed E-state index contributed by atoms with van der Waals surface area (Å²) in [4.78, 5) is 15.7. The summed E-state index contributed by atoms with van der Waals surface area (Å²) in [7, 11) is 0. The van der Waals surface area contributed by atoms with Gasteiger partial charge in [-0.15, -0.1) is 15.0 Å². The maximum Gasteiger partial charge on any atom is 0.299 e. The molecule has 1 aromatic heterocycles. The molecule has 0 bridgehead atoms. The minimum atomic E-state index is -0.216. The average Bonchev–Trinajstić information content (AvgIpc) is 3.22. The molecular weight excluding hydrogens is 278 g/mol. The van der Waals surface area contributed by atoms with E-state index in [4.69, 9.17) is 0 Å². The van der Waals surface area contributed by atoms with Crippen LogP contribution in [0.25, 0.3) is 5.69 Å². The van der Waals surface area contributed by atoms with Gasteiger partial charge in [0.15, 0.2) is 0 Å². The van der Waals surface area contributed by atoms with Crippen molar-refractivity contribution in [2.75, 3.05) is 11.4 Å². The molecule has 0 saturated carbocycles. The highest BCUT2D eigenvalue weighted by atomic mass is 16.2. The maximum absolute atomic E-state index is 12.6.